The first-order valence-electron chi connectivity index (χ1n) is 4.59. The maximum absolute atomic E-state index is 11.1. The lowest BCUT2D eigenvalue weighted by molar-refractivity contribution is 0.00298. The number of hydrogen-bond acceptors (Lipinski definition) is 7. The molecule has 0 bridgehead atoms. The Bertz CT molecular complexity index is 427. The summed E-state index contributed by atoms with van der Waals surface area (Å²) in [5.74, 6) is 0. The van der Waals surface area contributed by atoms with Crippen molar-refractivity contribution in [2.75, 3.05) is 5.48 Å². The number of aromatic nitrogens is 1. The third-order valence-corrected chi connectivity index (χ3v) is 2.52. The quantitative estimate of drug-likeness (QED) is 0.520. The highest BCUT2D eigenvalue weighted by Crippen LogP contribution is 2.19. The van der Waals surface area contributed by atoms with Crippen LogP contribution in [-0.4, -0.2) is 22.0 Å². The molecule has 1 aromatic heterocycles. The Morgan fingerprint density at radius 1 is 1.47 bits per heavy atom. The van der Waals surface area contributed by atoms with Crippen molar-refractivity contribution in [3.63, 3.8) is 0 Å². The Balaban J connectivity index is 2.45. The average Bonchev–Trinajstić information content (AvgIpc) is 2.60. The van der Waals surface area contributed by atoms with E-state index in [4.69, 9.17) is 16.3 Å². The van der Waals surface area contributed by atoms with E-state index in [9.17, 15) is 9.59 Å². The van der Waals surface area contributed by atoms with Gasteiger partial charge in [0.25, 0.3) is 5.24 Å². The molecular weight excluding hydrogens is 268 g/mol. The van der Waals surface area contributed by atoms with Gasteiger partial charge in [-0.1, -0.05) is 11.3 Å². The molecule has 0 radical (unpaired) electrons. The zero-order valence-electron chi connectivity index (χ0n) is 9.44. The van der Waals surface area contributed by atoms with Crippen molar-refractivity contribution in [1.29, 1.82) is 0 Å². The number of rotatable bonds is 3. The van der Waals surface area contributed by atoms with Gasteiger partial charge in [0.2, 0.25) is 5.13 Å². The molecular formula is C9H11ClN2O4S. The highest BCUT2D eigenvalue weighted by molar-refractivity contribution is 7.18. The van der Waals surface area contributed by atoms with Crippen molar-refractivity contribution in [1.82, 2.24) is 4.98 Å². The lowest BCUT2D eigenvalue weighted by atomic mass is 10.2. The molecule has 94 valence electrons. The maximum Gasteiger partial charge on any atom is 0.533 e. The van der Waals surface area contributed by atoms with Crippen molar-refractivity contribution in [2.45, 2.75) is 26.4 Å². The van der Waals surface area contributed by atoms with Crippen LogP contribution in [0.5, 0.6) is 0 Å². The number of nitrogens with one attached hydrogen (secondary N) is 1. The highest BCUT2D eigenvalue weighted by Gasteiger charge is 2.18. The van der Waals surface area contributed by atoms with E-state index in [1.54, 1.807) is 20.8 Å². The minimum atomic E-state index is -0.883. The number of hydrogen-bond donors (Lipinski definition) is 1. The van der Waals surface area contributed by atoms with Gasteiger partial charge in [0.1, 0.15) is 10.5 Å². The Morgan fingerprint density at radius 3 is 2.59 bits per heavy atom. The van der Waals surface area contributed by atoms with Crippen molar-refractivity contribution in [3.05, 3.63) is 11.1 Å². The Morgan fingerprint density at radius 2 is 2.12 bits per heavy atom. The Kier molecular flexibility index (Phi) is 4.30. The first-order valence-corrected chi connectivity index (χ1v) is 5.79. The van der Waals surface area contributed by atoms with Gasteiger partial charge in [0.15, 0.2) is 0 Å². The molecule has 8 heteroatoms. The SMILES string of the molecule is CC(C)(C)OC(=O)ONc1ncc(C(=O)Cl)s1. The van der Waals surface area contributed by atoms with Crippen LogP contribution in [0.25, 0.3) is 0 Å². The van der Waals surface area contributed by atoms with Crippen molar-refractivity contribution in [3.8, 4) is 0 Å². The van der Waals surface area contributed by atoms with Crippen LogP contribution in [0.4, 0.5) is 9.93 Å². The van der Waals surface area contributed by atoms with Gasteiger partial charge in [-0.15, -0.1) is 0 Å². The molecule has 0 aliphatic carbocycles. The predicted octanol–water partition coefficient (Wildman–Crippen LogP) is 2.80. The Labute approximate surface area is 107 Å². The zero-order valence-corrected chi connectivity index (χ0v) is 11.0. The summed E-state index contributed by atoms with van der Waals surface area (Å²) in [5, 5.41) is -0.382. The lowest BCUT2D eigenvalue weighted by Gasteiger charge is -2.18. The standard InChI is InChI=1S/C9H11ClN2O4S/c1-9(2,3)15-8(14)16-12-7-11-4-5(17-7)6(10)13/h4H,1-3H3,(H,11,12). The second-order valence-corrected chi connectivity index (χ2v) is 5.35. The first kappa shape index (κ1) is 13.7. The molecule has 1 N–H and O–H groups in total. The van der Waals surface area contributed by atoms with Gasteiger partial charge < -0.3 is 9.57 Å². The summed E-state index contributed by atoms with van der Waals surface area (Å²) < 4.78 is 4.87. The van der Waals surface area contributed by atoms with E-state index in [-0.39, 0.29) is 10.0 Å². The molecule has 0 aliphatic rings. The van der Waals surface area contributed by atoms with E-state index in [2.05, 4.69) is 15.3 Å². The molecule has 17 heavy (non-hydrogen) atoms. The van der Waals surface area contributed by atoms with Gasteiger partial charge in [0, 0.05) is 0 Å². The van der Waals surface area contributed by atoms with E-state index in [0.717, 1.165) is 11.3 Å². The summed E-state index contributed by atoms with van der Waals surface area (Å²) in [6.45, 7) is 5.13. The minimum Gasteiger partial charge on any atom is -0.427 e. The normalized spacial score (nSPS) is 10.8. The topological polar surface area (TPSA) is 77.5 Å². The van der Waals surface area contributed by atoms with E-state index in [1.807, 2.05) is 0 Å². The van der Waals surface area contributed by atoms with Crippen LogP contribution in [0.2, 0.25) is 0 Å². The molecule has 0 saturated carbocycles. The van der Waals surface area contributed by atoms with E-state index < -0.39 is 17.0 Å². The summed E-state index contributed by atoms with van der Waals surface area (Å²) in [7, 11) is 0. The van der Waals surface area contributed by atoms with Crippen LogP contribution in [0.3, 0.4) is 0 Å². The van der Waals surface area contributed by atoms with E-state index in [0.29, 0.717) is 0 Å². The van der Waals surface area contributed by atoms with Gasteiger partial charge in [-0.2, -0.15) is 5.48 Å². The van der Waals surface area contributed by atoms with Crippen LogP contribution >= 0.6 is 22.9 Å². The van der Waals surface area contributed by atoms with Gasteiger partial charge >= 0.3 is 6.16 Å². The number of halogens is 1. The number of carbonyl (C=O) groups excluding carboxylic acids is 2. The highest BCUT2D eigenvalue weighted by atomic mass is 35.5. The van der Waals surface area contributed by atoms with Gasteiger partial charge in [0.05, 0.1) is 6.20 Å². The summed E-state index contributed by atoms with van der Waals surface area (Å²) in [5.41, 5.74) is 1.62. The molecule has 0 spiro atoms. The zero-order chi connectivity index (χ0) is 13.1. The van der Waals surface area contributed by atoms with Gasteiger partial charge in [-0.25, -0.2) is 9.78 Å². The van der Waals surface area contributed by atoms with Gasteiger partial charge in [-0.05, 0) is 32.4 Å². The van der Waals surface area contributed by atoms with Crippen LogP contribution in [0, 0.1) is 0 Å². The average molecular weight is 279 g/mol. The van der Waals surface area contributed by atoms with Crippen LogP contribution < -0.4 is 5.48 Å². The molecule has 0 atom stereocenters. The summed E-state index contributed by atoms with van der Waals surface area (Å²) in [4.78, 5) is 30.5. The maximum atomic E-state index is 11.1. The molecule has 1 heterocycles. The molecule has 1 aromatic rings. The Hall–Kier alpha value is -1.34. The number of ether oxygens (including phenoxy) is 1. The summed E-state index contributed by atoms with van der Waals surface area (Å²) in [6, 6.07) is 0. The van der Waals surface area contributed by atoms with Crippen LogP contribution in [0.15, 0.2) is 6.20 Å². The number of anilines is 1. The predicted molar refractivity (Wildman–Crippen MR) is 63.2 cm³/mol. The fourth-order valence-corrected chi connectivity index (χ4v) is 1.52. The fraction of sp³-hybridized carbons (Fsp3) is 0.444. The third kappa shape index (κ3) is 5.01. The molecule has 0 fully saturated rings. The molecule has 1 rings (SSSR count). The minimum absolute atomic E-state index is 0.236. The van der Waals surface area contributed by atoms with Crippen molar-refractivity contribution in [2.24, 2.45) is 0 Å². The second kappa shape index (κ2) is 5.33. The van der Waals surface area contributed by atoms with E-state index >= 15 is 0 Å². The molecule has 0 unspecified atom stereocenters. The van der Waals surface area contributed by atoms with Gasteiger partial charge in [-0.3, -0.25) is 4.79 Å². The molecule has 6 nitrogen and oxygen atoms in total. The summed E-state index contributed by atoms with van der Waals surface area (Å²) >= 11 is 6.20. The molecule has 0 aliphatic heterocycles. The monoisotopic (exact) mass is 278 g/mol. The molecule has 0 aromatic carbocycles. The third-order valence-electron chi connectivity index (χ3n) is 1.31. The number of thiazole rings is 1. The summed E-state index contributed by atoms with van der Waals surface area (Å²) in [6.07, 6.45) is 0.396. The first-order chi connectivity index (χ1) is 7.78. The smallest absolute Gasteiger partial charge is 0.427 e. The largest absolute Gasteiger partial charge is 0.533 e. The number of carbonyl (C=O) groups is 2. The van der Waals surface area contributed by atoms with E-state index in [1.165, 1.54) is 6.20 Å². The molecule has 0 saturated heterocycles. The lowest BCUT2D eigenvalue weighted by Crippen LogP contribution is -2.25. The van der Waals surface area contributed by atoms with Crippen LogP contribution in [0.1, 0.15) is 30.4 Å². The number of nitrogens with zero attached hydrogens (tertiary/aromatic N) is 1. The van der Waals surface area contributed by atoms with Crippen molar-refractivity contribution < 1.29 is 19.2 Å². The van der Waals surface area contributed by atoms with Crippen LogP contribution in [-0.2, 0) is 9.57 Å². The van der Waals surface area contributed by atoms with Crippen molar-refractivity contribution >= 4 is 39.5 Å². The second-order valence-electron chi connectivity index (χ2n) is 3.97. The fourth-order valence-electron chi connectivity index (χ4n) is 0.768. The molecule has 0 amide bonds.